The molecule has 0 aliphatic heterocycles. The van der Waals surface area contributed by atoms with Gasteiger partial charge in [-0.15, -0.1) is 12.4 Å². The highest BCUT2D eigenvalue weighted by Crippen LogP contribution is 2.29. The van der Waals surface area contributed by atoms with Crippen molar-refractivity contribution in [2.24, 2.45) is 0 Å². The van der Waals surface area contributed by atoms with E-state index in [4.69, 9.17) is 21.1 Å². The fourth-order valence-electron chi connectivity index (χ4n) is 2.57. The Labute approximate surface area is 170 Å². The zero-order valence-corrected chi connectivity index (χ0v) is 16.6. The summed E-state index contributed by atoms with van der Waals surface area (Å²) in [7, 11) is 1.64. The number of nitrogens with one attached hydrogen (secondary N) is 1. The number of hydrogen-bond donors (Lipinski definition) is 1. The highest BCUT2D eigenvalue weighted by Gasteiger charge is 2.07. The van der Waals surface area contributed by atoms with E-state index in [-0.39, 0.29) is 12.4 Å². The highest BCUT2D eigenvalue weighted by atomic mass is 35.5. The van der Waals surface area contributed by atoms with Crippen LogP contribution in [0.5, 0.6) is 11.5 Å². The van der Waals surface area contributed by atoms with Crippen LogP contribution < -0.4 is 14.8 Å². The molecule has 0 saturated carbocycles. The van der Waals surface area contributed by atoms with Crippen molar-refractivity contribution < 1.29 is 9.47 Å². The fraction of sp³-hybridized carbons (Fsp3) is 0.190. The van der Waals surface area contributed by atoms with Gasteiger partial charge in [0.15, 0.2) is 11.5 Å². The van der Waals surface area contributed by atoms with Crippen molar-refractivity contribution >= 4 is 24.0 Å². The third-order valence-corrected chi connectivity index (χ3v) is 4.32. The lowest BCUT2D eigenvalue weighted by atomic mass is 10.2. The molecule has 0 aliphatic carbocycles. The van der Waals surface area contributed by atoms with Crippen molar-refractivity contribution in [3.63, 3.8) is 0 Å². The number of methoxy groups -OCH3 is 1. The minimum absolute atomic E-state index is 0. The summed E-state index contributed by atoms with van der Waals surface area (Å²) >= 11 is 6.17. The lowest BCUT2D eigenvalue weighted by molar-refractivity contribution is 0.284. The van der Waals surface area contributed by atoms with E-state index in [0.29, 0.717) is 23.1 Å². The van der Waals surface area contributed by atoms with Gasteiger partial charge in [0.2, 0.25) is 0 Å². The van der Waals surface area contributed by atoms with Crippen LogP contribution >= 0.6 is 24.0 Å². The van der Waals surface area contributed by atoms with Crippen molar-refractivity contribution in [3.8, 4) is 11.5 Å². The largest absolute Gasteiger partial charge is 0.493 e. The van der Waals surface area contributed by atoms with Crippen molar-refractivity contribution in [3.05, 3.63) is 88.7 Å². The van der Waals surface area contributed by atoms with E-state index in [1.165, 1.54) is 0 Å². The minimum atomic E-state index is 0. The lowest BCUT2D eigenvalue weighted by Gasteiger charge is -2.13. The molecule has 0 bridgehead atoms. The van der Waals surface area contributed by atoms with Gasteiger partial charge in [-0.25, -0.2) is 0 Å². The molecule has 0 saturated heterocycles. The third kappa shape index (κ3) is 6.14. The van der Waals surface area contributed by atoms with Crippen LogP contribution in [0.25, 0.3) is 0 Å². The number of aromatic nitrogens is 1. The quantitative estimate of drug-likeness (QED) is 0.571. The maximum Gasteiger partial charge on any atom is 0.161 e. The predicted octanol–water partition coefficient (Wildman–Crippen LogP) is 5.03. The number of rotatable bonds is 8. The van der Waals surface area contributed by atoms with Gasteiger partial charge in [0.1, 0.15) is 6.61 Å². The number of pyridine rings is 1. The Kier molecular flexibility index (Phi) is 8.40. The van der Waals surface area contributed by atoms with E-state index in [0.717, 1.165) is 29.8 Å². The van der Waals surface area contributed by atoms with Crippen LogP contribution in [0.1, 0.15) is 16.7 Å². The van der Waals surface area contributed by atoms with Crippen LogP contribution in [0, 0.1) is 0 Å². The Morgan fingerprint density at radius 1 is 0.963 bits per heavy atom. The Morgan fingerprint density at radius 2 is 1.78 bits per heavy atom. The molecular formula is C21H22Cl2N2O2. The molecule has 3 aromatic rings. The minimum Gasteiger partial charge on any atom is -0.493 e. The van der Waals surface area contributed by atoms with Gasteiger partial charge in [0, 0.05) is 36.1 Å². The molecule has 1 N–H and O–H groups in total. The topological polar surface area (TPSA) is 43.4 Å². The van der Waals surface area contributed by atoms with Gasteiger partial charge in [0.05, 0.1) is 7.11 Å². The summed E-state index contributed by atoms with van der Waals surface area (Å²) in [6.45, 7) is 1.89. The number of halogens is 2. The van der Waals surface area contributed by atoms with E-state index in [9.17, 15) is 0 Å². The molecule has 2 aromatic carbocycles. The fourth-order valence-corrected chi connectivity index (χ4v) is 2.76. The lowest BCUT2D eigenvalue weighted by Crippen LogP contribution is -2.12. The molecule has 1 aromatic heterocycles. The number of benzene rings is 2. The van der Waals surface area contributed by atoms with E-state index < -0.39 is 0 Å². The summed E-state index contributed by atoms with van der Waals surface area (Å²) in [6.07, 6.45) is 3.63. The van der Waals surface area contributed by atoms with Crippen LogP contribution in [0.2, 0.25) is 5.02 Å². The molecule has 4 nitrogen and oxygen atoms in total. The molecule has 0 radical (unpaired) electrons. The molecule has 0 spiro atoms. The molecule has 142 valence electrons. The van der Waals surface area contributed by atoms with Gasteiger partial charge >= 0.3 is 0 Å². The smallest absolute Gasteiger partial charge is 0.161 e. The van der Waals surface area contributed by atoms with Gasteiger partial charge < -0.3 is 14.8 Å². The summed E-state index contributed by atoms with van der Waals surface area (Å²) in [6, 6.07) is 17.6. The Morgan fingerprint density at radius 3 is 2.52 bits per heavy atom. The number of nitrogens with zero attached hydrogens (tertiary/aromatic N) is 1. The standard InChI is InChI=1S/C21H21ClN2O2.ClH/c1-25-21-11-16(12-24-14-17-5-4-10-23-13-17)8-9-20(21)26-15-18-6-2-3-7-19(18)22;/h2-11,13,24H,12,14-15H2,1H3;1H. The van der Waals surface area contributed by atoms with Crippen LogP contribution in [0.4, 0.5) is 0 Å². The zero-order valence-electron chi connectivity index (χ0n) is 15.0. The van der Waals surface area contributed by atoms with E-state index in [1.807, 2.05) is 60.8 Å². The Balaban J connectivity index is 0.00000261. The summed E-state index contributed by atoms with van der Waals surface area (Å²) < 4.78 is 11.4. The van der Waals surface area contributed by atoms with Gasteiger partial charge in [-0.2, -0.15) is 0 Å². The average Bonchev–Trinajstić information content (AvgIpc) is 2.68. The first-order chi connectivity index (χ1) is 12.8. The van der Waals surface area contributed by atoms with Gasteiger partial charge in [-0.05, 0) is 35.4 Å². The molecule has 0 amide bonds. The maximum atomic E-state index is 6.17. The van der Waals surface area contributed by atoms with Crippen molar-refractivity contribution in [1.82, 2.24) is 10.3 Å². The monoisotopic (exact) mass is 404 g/mol. The van der Waals surface area contributed by atoms with Crippen molar-refractivity contribution in [2.75, 3.05) is 7.11 Å². The summed E-state index contributed by atoms with van der Waals surface area (Å²) in [5, 5.41) is 4.10. The second kappa shape index (κ2) is 10.8. The molecule has 27 heavy (non-hydrogen) atoms. The number of hydrogen-bond acceptors (Lipinski definition) is 4. The summed E-state index contributed by atoms with van der Waals surface area (Å²) in [5.41, 5.74) is 3.22. The molecule has 6 heteroatoms. The first-order valence-electron chi connectivity index (χ1n) is 8.39. The first kappa shape index (κ1) is 21.0. The highest BCUT2D eigenvalue weighted by molar-refractivity contribution is 6.31. The zero-order chi connectivity index (χ0) is 18.2. The SMILES string of the molecule is COc1cc(CNCc2cccnc2)ccc1OCc1ccccc1Cl.Cl. The van der Waals surface area contributed by atoms with E-state index >= 15 is 0 Å². The van der Waals surface area contributed by atoms with E-state index in [1.54, 1.807) is 13.3 Å². The first-order valence-corrected chi connectivity index (χ1v) is 8.77. The Hall–Kier alpha value is -2.27. The molecule has 0 atom stereocenters. The van der Waals surface area contributed by atoms with Crippen LogP contribution in [0.15, 0.2) is 67.0 Å². The van der Waals surface area contributed by atoms with Crippen LogP contribution in [0.3, 0.4) is 0 Å². The van der Waals surface area contributed by atoms with Gasteiger partial charge in [0.25, 0.3) is 0 Å². The second-order valence-corrected chi connectivity index (χ2v) is 6.24. The molecule has 1 heterocycles. The molecule has 3 rings (SSSR count). The molecule has 0 fully saturated rings. The average molecular weight is 405 g/mol. The maximum absolute atomic E-state index is 6.17. The van der Waals surface area contributed by atoms with Gasteiger partial charge in [-0.1, -0.05) is 41.9 Å². The third-order valence-electron chi connectivity index (χ3n) is 3.95. The number of ether oxygens (including phenoxy) is 2. The normalized spacial score (nSPS) is 10.1. The second-order valence-electron chi connectivity index (χ2n) is 5.83. The predicted molar refractivity (Wildman–Crippen MR) is 111 cm³/mol. The summed E-state index contributed by atoms with van der Waals surface area (Å²) in [4.78, 5) is 4.11. The van der Waals surface area contributed by atoms with Crippen molar-refractivity contribution in [1.29, 1.82) is 0 Å². The van der Waals surface area contributed by atoms with Gasteiger partial charge in [-0.3, -0.25) is 4.98 Å². The van der Waals surface area contributed by atoms with Crippen LogP contribution in [-0.2, 0) is 19.7 Å². The van der Waals surface area contributed by atoms with Crippen molar-refractivity contribution in [2.45, 2.75) is 19.7 Å². The molecular weight excluding hydrogens is 383 g/mol. The summed E-state index contributed by atoms with van der Waals surface area (Å²) in [5.74, 6) is 1.40. The molecule has 0 aliphatic rings. The Bertz CT molecular complexity index is 845. The molecule has 0 unspecified atom stereocenters. The van der Waals surface area contributed by atoms with Crippen LogP contribution in [-0.4, -0.2) is 12.1 Å². The van der Waals surface area contributed by atoms with E-state index in [2.05, 4.69) is 10.3 Å².